The van der Waals surface area contributed by atoms with Crippen molar-refractivity contribution in [2.45, 2.75) is 71.9 Å². The van der Waals surface area contributed by atoms with Crippen molar-refractivity contribution in [3.63, 3.8) is 0 Å². The van der Waals surface area contributed by atoms with E-state index in [-0.39, 0.29) is 30.8 Å². The molecule has 1 N–H and O–H groups in total. The number of nitrogens with zero attached hydrogens (tertiary/aromatic N) is 2. The molecule has 2 aromatic rings. The predicted molar refractivity (Wildman–Crippen MR) is 153 cm³/mol. The summed E-state index contributed by atoms with van der Waals surface area (Å²) in [6.07, 6.45) is 3.47. The Morgan fingerprint density at radius 3 is 2.21 bits per heavy atom. The van der Waals surface area contributed by atoms with Crippen molar-refractivity contribution in [1.82, 2.24) is 10.2 Å². The van der Waals surface area contributed by atoms with Gasteiger partial charge in [-0.3, -0.25) is 13.9 Å². The van der Waals surface area contributed by atoms with Crippen LogP contribution in [0.1, 0.15) is 58.9 Å². The summed E-state index contributed by atoms with van der Waals surface area (Å²) in [5.41, 5.74) is 1.53. The van der Waals surface area contributed by atoms with Crippen LogP contribution in [0.15, 0.2) is 54.6 Å². The number of hydrogen-bond donors (Lipinski definition) is 1. The Labute approximate surface area is 228 Å². The highest BCUT2D eigenvalue weighted by atomic mass is 32.2. The summed E-state index contributed by atoms with van der Waals surface area (Å²) in [5, 5.41) is 3.01. The highest BCUT2D eigenvalue weighted by Crippen LogP contribution is 2.30. The number of carbonyl (C=O) groups is 2. The van der Waals surface area contributed by atoms with Gasteiger partial charge in [0.1, 0.15) is 11.8 Å². The zero-order valence-corrected chi connectivity index (χ0v) is 24.2. The number of ether oxygens (including phenoxy) is 1. The summed E-state index contributed by atoms with van der Waals surface area (Å²) < 4.78 is 32.2. The smallest absolute Gasteiger partial charge is 0.243 e. The summed E-state index contributed by atoms with van der Waals surface area (Å²) in [6, 6.07) is 16.3. The lowest BCUT2D eigenvalue weighted by Crippen LogP contribution is -2.51. The van der Waals surface area contributed by atoms with Crippen LogP contribution in [0.25, 0.3) is 0 Å². The maximum atomic E-state index is 13.5. The quantitative estimate of drug-likeness (QED) is 0.337. The first-order chi connectivity index (χ1) is 18.1. The van der Waals surface area contributed by atoms with E-state index in [1.54, 1.807) is 29.2 Å². The van der Waals surface area contributed by atoms with Gasteiger partial charge in [-0.05, 0) is 57.2 Å². The van der Waals surface area contributed by atoms with Crippen LogP contribution in [0.2, 0.25) is 0 Å². The number of carbonyl (C=O) groups excluding carboxylic acids is 2. The summed E-state index contributed by atoms with van der Waals surface area (Å²) in [4.78, 5) is 28.3. The Morgan fingerprint density at radius 1 is 0.947 bits per heavy atom. The van der Waals surface area contributed by atoms with E-state index in [1.807, 2.05) is 58.0 Å². The van der Waals surface area contributed by atoms with Crippen LogP contribution in [-0.2, 0) is 26.0 Å². The van der Waals surface area contributed by atoms with E-state index in [4.69, 9.17) is 4.74 Å². The van der Waals surface area contributed by atoms with Crippen molar-refractivity contribution in [3.8, 4) is 5.75 Å². The lowest BCUT2D eigenvalue weighted by molar-refractivity contribution is -0.141. The van der Waals surface area contributed by atoms with Gasteiger partial charge in [0.2, 0.25) is 21.8 Å². The third-order valence-electron chi connectivity index (χ3n) is 6.46. The number of sulfonamides is 1. The molecule has 9 heteroatoms. The number of para-hydroxylation sites is 2. The monoisotopic (exact) mass is 545 g/mol. The topological polar surface area (TPSA) is 96.0 Å². The maximum Gasteiger partial charge on any atom is 0.243 e. The molecule has 0 aliphatic heterocycles. The molecule has 0 aromatic heterocycles. The molecule has 0 fully saturated rings. The van der Waals surface area contributed by atoms with Crippen LogP contribution in [0, 0.1) is 0 Å². The maximum absolute atomic E-state index is 13.5. The van der Waals surface area contributed by atoms with E-state index in [0.29, 0.717) is 43.9 Å². The molecule has 8 nitrogen and oxygen atoms in total. The van der Waals surface area contributed by atoms with E-state index in [1.165, 1.54) is 4.31 Å². The molecule has 0 saturated heterocycles. The average Bonchev–Trinajstić information content (AvgIpc) is 2.89. The van der Waals surface area contributed by atoms with Gasteiger partial charge in [-0.25, -0.2) is 8.42 Å². The van der Waals surface area contributed by atoms with Gasteiger partial charge in [0.25, 0.3) is 0 Å². The second kappa shape index (κ2) is 15.4. The van der Waals surface area contributed by atoms with Crippen LogP contribution in [0.5, 0.6) is 5.75 Å². The second-order valence-electron chi connectivity index (χ2n) is 9.40. The van der Waals surface area contributed by atoms with Gasteiger partial charge >= 0.3 is 0 Å². The Bertz CT molecular complexity index is 1120. The lowest BCUT2D eigenvalue weighted by Gasteiger charge is -2.32. The number of benzene rings is 2. The summed E-state index contributed by atoms with van der Waals surface area (Å²) in [7, 11) is -3.61. The van der Waals surface area contributed by atoms with Crippen molar-refractivity contribution < 1.29 is 22.7 Å². The number of anilines is 1. The van der Waals surface area contributed by atoms with Gasteiger partial charge in [0.15, 0.2) is 0 Å². The zero-order valence-electron chi connectivity index (χ0n) is 23.4. The molecule has 0 spiro atoms. The minimum atomic E-state index is -3.61. The molecule has 38 heavy (non-hydrogen) atoms. The van der Waals surface area contributed by atoms with Gasteiger partial charge in [0.05, 0.1) is 18.6 Å². The van der Waals surface area contributed by atoms with Crippen LogP contribution >= 0.6 is 0 Å². The molecule has 0 aliphatic carbocycles. The molecule has 0 bridgehead atoms. The van der Waals surface area contributed by atoms with Crippen molar-refractivity contribution in [2.24, 2.45) is 0 Å². The van der Waals surface area contributed by atoms with Crippen molar-refractivity contribution in [3.05, 3.63) is 60.2 Å². The van der Waals surface area contributed by atoms with E-state index in [0.717, 1.165) is 18.2 Å². The van der Waals surface area contributed by atoms with Crippen LogP contribution < -0.4 is 14.4 Å². The van der Waals surface area contributed by atoms with Gasteiger partial charge in [-0.1, -0.05) is 56.3 Å². The summed E-state index contributed by atoms with van der Waals surface area (Å²) >= 11 is 0. The zero-order chi connectivity index (χ0) is 28.1. The van der Waals surface area contributed by atoms with Gasteiger partial charge < -0.3 is 15.0 Å². The Balaban J connectivity index is 2.20. The molecular weight excluding hydrogens is 502 g/mol. The number of rotatable bonds is 16. The van der Waals surface area contributed by atoms with E-state index < -0.39 is 16.1 Å². The molecule has 0 radical (unpaired) electrons. The molecule has 210 valence electrons. The Kier molecular flexibility index (Phi) is 12.6. The standard InChI is InChI=1S/C29H43N3O5S/c1-6-23(4)30-29(34)25(7-2)31(22-20-24-15-10-9-11-16-24)28(33)19-14-21-32(38(5,35)36)26-17-12-13-18-27(26)37-8-3/h9-13,15-18,23,25H,6-8,14,19-22H2,1-5H3,(H,30,34)/t23-,25-/m0/s1. The normalized spacial score (nSPS) is 12.9. The molecule has 0 unspecified atom stereocenters. The summed E-state index contributed by atoms with van der Waals surface area (Å²) in [5.74, 6) is 0.147. The van der Waals surface area contributed by atoms with Crippen LogP contribution in [0.3, 0.4) is 0 Å². The molecular formula is C29H43N3O5S. The van der Waals surface area contributed by atoms with Crippen LogP contribution in [0.4, 0.5) is 5.69 Å². The predicted octanol–water partition coefficient (Wildman–Crippen LogP) is 4.40. The number of nitrogens with one attached hydrogen (secondary N) is 1. The molecule has 2 atom stereocenters. The average molecular weight is 546 g/mol. The van der Waals surface area contributed by atoms with E-state index >= 15 is 0 Å². The van der Waals surface area contributed by atoms with Crippen molar-refractivity contribution in [1.29, 1.82) is 0 Å². The SMILES string of the molecule is CCOc1ccccc1N(CCCC(=O)N(CCc1ccccc1)[C@@H](CC)C(=O)N[C@@H](C)CC)S(C)(=O)=O. The molecule has 0 saturated carbocycles. The Hall–Kier alpha value is -3.07. The molecule has 2 amide bonds. The molecule has 2 rings (SSSR count). The molecule has 2 aromatic carbocycles. The van der Waals surface area contributed by atoms with Crippen molar-refractivity contribution in [2.75, 3.05) is 30.3 Å². The number of hydrogen-bond acceptors (Lipinski definition) is 5. The Morgan fingerprint density at radius 2 is 1.61 bits per heavy atom. The number of amides is 2. The first-order valence-electron chi connectivity index (χ1n) is 13.5. The highest BCUT2D eigenvalue weighted by Gasteiger charge is 2.29. The third-order valence-corrected chi connectivity index (χ3v) is 7.64. The minimum Gasteiger partial charge on any atom is -0.492 e. The lowest BCUT2D eigenvalue weighted by atomic mass is 10.1. The highest BCUT2D eigenvalue weighted by molar-refractivity contribution is 7.92. The van der Waals surface area contributed by atoms with E-state index in [9.17, 15) is 18.0 Å². The fourth-order valence-electron chi connectivity index (χ4n) is 4.26. The fraction of sp³-hybridized carbons (Fsp3) is 0.517. The minimum absolute atomic E-state index is 0.0105. The van der Waals surface area contributed by atoms with Gasteiger partial charge in [-0.15, -0.1) is 0 Å². The summed E-state index contributed by atoms with van der Waals surface area (Å²) in [6.45, 7) is 8.61. The largest absolute Gasteiger partial charge is 0.492 e. The van der Waals surface area contributed by atoms with Crippen molar-refractivity contribution >= 4 is 27.5 Å². The third kappa shape index (κ3) is 9.35. The molecule has 0 aliphatic rings. The molecule has 0 heterocycles. The first kappa shape index (κ1) is 31.1. The van der Waals surface area contributed by atoms with Gasteiger partial charge in [0, 0.05) is 25.6 Å². The fourth-order valence-corrected chi connectivity index (χ4v) is 5.23. The van der Waals surface area contributed by atoms with E-state index in [2.05, 4.69) is 5.32 Å². The van der Waals surface area contributed by atoms with Crippen LogP contribution in [-0.4, -0.2) is 63.2 Å². The first-order valence-corrected chi connectivity index (χ1v) is 15.3. The van der Waals surface area contributed by atoms with Gasteiger partial charge in [-0.2, -0.15) is 0 Å². The second-order valence-corrected chi connectivity index (χ2v) is 11.3.